The number of hydrogen-bond donors (Lipinski definition) is 0. The summed E-state index contributed by atoms with van der Waals surface area (Å²) in [5, 5.41) is 18.1. The first-order chi connectivity index (χ1) is 27.3. The molecule has 254 valence electrons. The largest absolute Gasteiger partial charge is 0.135 e. The fraction of sp³-hybridized carbons (Fsp3) is 0. The minimum absolute atomic E-state index is 1.24. The highest BCUT2D eigenvalue weighted by atomic mass is 32.1. The first kappa shape index (κ1) is 30.6. The summed E-state index contributed by atoms with van der Waals surface area (Å²) in [5.74, 6) is 0. The maximum Gasteiger partial charge on any atom is 0.0368 e. The van der Waals surface area contributed by atoms with E-state index in [0.717, 1.165) is 0 Å². The van der Waals surface area contributed by atoms with Crippen LogP contribution < -0.4 is 0 Å². The van der Waals surface area contributed by atoms with E-state index in [0.29, 0.717) is 0 Å². The molecule has 0 unspecified atom stereocenters. The van der Waals surface area contributed by atoms with Crippen molar-refractivity contribution < 1.29 is 0 Å². The van der Waals surface area contributed by atoms with Crippen molar-refractivity contribution in [3.05, 3.63) is 194 Å². The van der Waals surface area contributed by atoms with Crippen LogP contribution in [0.5, 0.6) is 0 Å². The van der Waals surface area contributed by atoms with Gasteiger partial charge in [0.05, 0.1) is 0 Å². The molecule has 0 spiro atoms. The molecule has 0 amide bonds. The van der Waals surface area contributed by atoms with Crippen LogP contribution in [0, 0.1) is 0 Å². The van der Waals surface area contributed by atoms with Crippen LogP contribution in [0.3, 0.4) is 0 Å². The monoisotopic (exact) mass is 712 g/mol. The molecule has 0 aliphatic rings. The van der Waals surface area contributed by atoms with E-state index in [1.54, 1.807) is 0 Å². The lowest BCUT2D eigenvalue weighted by Gasteiger charge is -2.19. The van der Waals surface area contributed by atoms with Crippen molar-refractivity contribution in [3.63, 3.8) is 0 Å². The summed E-state index contributed by atoms with van der Waals surface area (Å²) in [5.41, 5.74) is 7.63. The number of benzene rings is 11. The highest BCUT2D eigenvalue weighted by Crippen LogP contribution is 2.47. The predicted octanol–water partition coefficient (Wildman–Crippen LogP) is 16.0. The van der Waals surface area contributed by atoms with Gasteiger partial charge in [0, 0.05) is 20.2 Å². The van der Waals surface area contributed by atoms with Gasteiger partial charge in [0.15, 0.2) is 0 Å². The van der Waals surface area contributed by atoms with Crippen LogP contribution in [0.4, 0.5) is 0 Å². The smallest absolute Gasteiger partial charge is 0.0368 e. The highest BCUT2D eigenvalue weighted by Gasteiger charge is 2.19. The SMILES string of the molecule is c1ccc2c(-c3c4ccccc4c(-c4ccc5cc(-c6cc7sc8ccc9ccccc9c8c7c7ccccc67)ccc5c4)c4ccccc34)cccc2c1. The van der Waals surface area contributed by atoms with E-state index in [4.69, 9.17) is 0 Å². The molecule has 0 N–H and O–H groups in total. The predicted molar refractivity (Wildman–Crippen MR) is 241 cm³/mol. The van der Waals surface area contributed by atoms with Gasteiger partial charge in [-0.2, -0.15) is 0 Å². The summed E-state index contributed by atoms with van der Waals surface area (Å²) in [4.78, 5) is 0. The van der Waals surface area contributed by atoms with Crippen LogP contribution in [-0.2, 0) is 0 Å². The number of thiophene rings is 1. The normalized spacial score (nSPS) is 12.0. The van der Waals surface area contributed by atoms with Gasteiger partial charge in [0.25, 0.3) is 0 Å². The minimum atomic E-state index is 1.24. The second-order valence-electron chi connectivity index (χ2n) is 14.7. The third-order valence-electron chi connectivity index (χ3n) is 11.8. The summed E-state index contributed by atoms with van der Waals surface area (Å²) in [6, 6.07) is 72.2. The fourth-order valence-corrected chi connectivity index (χ4v) is 10.6. The van der Waals surface area contributed by atoms with Gasteiger partial charge >= 0.3 is 0 Å². The van der Waals surface area contributed by atoms with Gasteiger partial charge in [-0.05, 0) is 122 Å². The zero-order chi connectivity index (χ0) is 36.0. The molecule has 0 saturated heterocycles. The Kier molecular flexibility index (Phi) is 6.60. The summed E-state index contributed by atoms with van der Waals surface area (Å²) in [6.45, 7) is 0. The van der Waals surface area contributed by atoms with Gasteiger partial charge in [-0.25, -0.2) is 0 Å². The molecule has 1 heteroatoms. The Morgan fingerprint density at radius 2 is 0.745 bits per heavy atom. The quantitative estimate of drug-likeness (QED) is 0.160. The molecule has 0 saturated carbocycles. The third-order valence-corrected chi connectivity index (χ3v) is 12.9. The highest BCUT2D eigenvalue weighted by molar-refractivity contribution is 7.26. The van der Waals surface area contributed by atoms with E-state index in [1.165, 1.54) is 118 Å². The van der Waals surface area contributed by atoms with E-state index < -0.39 is 0 Å². The first-order valence-corrected chi connectivity index (χ1v) is 19.8. The molecular formula is C54H32S. The molecule has 0 aliphatic carbocycles. The average molecular weight is 713 g/mol. The van der Waals surface area contributed by atoms with Crippen LogP contribution in [-0.4, -0.2) is 0 Å². The molecule has 12 aromatic rings. The lowest BCUT2D eigenvalue weighted by molar-refractivity contribution is 1.68. The Morgan fingerprint density at radius 1 is 0.255 bits per heavy atom. The Morgan fingerprint density at radius 3 is 1.45 bits per heavy atom. The van der Waals surface area contributed by atoms with E-state index in [9.17, 15) is 0 Å². The molecule has 1 aromatic heterocycles. The average Bonchev–Trinajstić information content (AvgIpc) is 3.64. The van der Waals surface area contributed by atoms with Crippen molar-refractivity contribution >= 4 is 96.1 Å². The molecule has 11 aromatic carbocycles. The molecule has 0 nitrogen and oxygen atoms in total. The second-order valence-corrected chi connectivity index (χ2v) is 15.8. The lowest BCUT2D eigenvalue weighted by Crippen LogP contribution is -1.91. The summed E-state index contributed by atoms with van der Waals surface area (Å²) in [7, 11) is 0. The van der Waals surface area contributed by atoms with E-state index >= 15 is 0 Å². The Bertz CT molecular complexity index is 3490. The fourth-order valence-electron chi connectivity index (χ4n) is 9.38. The standard InChI is InChI=1S/C54H32S/c1-3-15-39-33(12-1)14-11-23-42(39)52-46-21-9-7-19-44(46)51(45-20-8-10-22-47(45)52)38-27-25-35-30-37(26-24-36(35)31-38)48-32-50-54(43-18-6-5-17-41(43)48)53-40-16-4-2-13-34(40)28-29-49(53)55-50/h1-32H. The maximum atomic E-state index is 2.43. The van der Waals surface area contributed by atoms with Crippen LogP contribution in [0.2, 0.25) is 0 Å². The van der Waals surface area contributed by atoms with Crippen LogP contribution in [0.1, 0.15) is 0 Å². The molecule has 0 fully saturated rings. The summed E-state index contributed by atoms with van der Waals surface area (Å²) < 4.78 is 2.67. The van der Waals surface area contributed by atoms with Crippen LogP contribution >= 0.6 is 11.3 Å². The molecule has 0 atom stereocenters. The Hall–Kier alpha value is -6.80. The van der Waals surface area contributed by atoms with Crippen molar-refractivity contribution in [3.8, 4) is 33.4 Å². The third kappa shape index (κ3) is 4.57. The van der Waals surface area contributed by atoms with E-state index in [-0.39, 0.29) is 0 Å². The molecule has 12 rings (SSSR count). The number of fused-ring (bicyclic) bond motifs is 11. The second kappa shape index (κ2) is 11.9. The zero-order valence-corrected chi connectivity index (χ0v) is 30.7. The molecule has 0 radical (unpaired) electrons. The first-order valence-electron chi connectivity index (χ1n) is 19.0. The number of rotatable bonds is 3. The molecule has 1 heterocycles. The van der Waals surface area contributed by atoms with Crippen molar-refractivity contribution in [2.24, 2.45) is 0 Å². The van der Waals surface area contributed by atoms with Crippen molar-refractivity contribution in [2.45, 2.75) is 0 Å². The van der Waals surface area contributed by atoms with Crippen LogP contribution in [0.15, 0.2) is 194 Å². The topological polar surface area (TPSA) is 0 Å². The molecule has 0 bridgehead atoms. The molecule has 55 heavy (non-hydrogen) atoms. The van der Waals surface area contributed by atoms with Gasteiger partial charge in [-0.1, -0.05) is 170 Å². The van der Waals surface area contributed by atoms with E-state index in [2.05, 4.69) is 194 Å². The van der Waals surface area contributed by atoms with Crippen molar-refractivity contribution in [2.75, 3.05) is 0 Å². The van der Waals surface area contributed by atoms with Gasteiger partial charge in [-0.3, -0.25) is 0 Å². The summed E-state index contributed by atoms with van der Waals surface area (Å²) in [6.07, 6.45) is 0. The van der Waals surface area contributed by atoms with Gasteiger partial charge < -0.3 is 0 Å². The van der Waals surface area contributed by atoms with E-state index in [1.807, 2.05) is 11.3 Å². The molecular weight excluding hydrogens is 681 g/mol. The molecule has 0 aliphatic heterocycles. The van der Waals surface area contributed by atoms with Gasteiger partial charge in [0.1, 0.15) is 0 Å². The van der Waals surface area contributed by atoms with Gasteiger partial charge in [-0.15, -0.1) is 11.3 Å². The number of hydrogen-bond acceptors (Lipinski definition) is 1. The minimum Gasteiger partial charge on any atom is -0.135 e. The van der Waals surface area contributed by atoms with Crippen LogP contribution in [0.25, 0.3) is 118 Å². The zero-order valence-electron chi connectivity index (χ0n) is 29.9. The van der Waals surface area contributed by atoms with Gasteiger partial charge in [0.2, 0.25) is 0 Å². The van der Waals surface area contributed by atoms with Crippen molar-refractivity contribution in [1.82, 2.24) is 0 Å². The van der Waals surface area contributed by atoms with Crippen molar-refractivity contribution in [1.29, 1.82) is 0 Å². The lowest BCUT2D eigenvalue weighted by atomic mass is 9.84. The Labute approximate surface area is 322 Å². The Balaban J connectivity index is 1.05. The maximum absolute atomic E-state index is 2.43. The summed E-state index contributed by atoms with van der Waals surface area (Å²) >= 11 is 1.90.